The molecular weight excluding hydrogens is 252 g/mol. The summed E-state index contributed by atoms with van der Waals surface area (Å²) in [5.74, 6) is 0.210. The van der Waals surface area contributed by atoms with E-state index in [-0.39, 0.29) is 5.91 Å². The average molecular weight is 274 g/mol. The number of para-hydroxylation sites is 1. The summed E-state index contributed by atoms with van der Waals surface area (Å²) >= 11 is 0. The minimum Gasteiger partial charge on any atom is -0.364 e. The van der Waals surface area contributed by atoms with Crippen molar-refractivity contribution in [3.63, 3.8) is 0 Å². The van der Waals surface area contributed by atoms with Gasteiger partial charge in [0.15, 0.2) is 0 Å². The van der Waals surface area contributed by atoms with Crippen LogP contribution in [0.5, 0.6) is 0 Å². The van der Waals surface area contributed by atoms with Gasteiger partial charge in [-0.25, -0.2) is 0 Å². The summed E-state index contributed by atoms with van der Waals surface area (Å²) in [6.45, 7) is 5.76. The molecule has 3 rings (SSSR count). The molecule has 0 radical (unpaired) electrons. The van der Waals surface area contributed by atoms with Gasteiger partial charge in [-0.15, -0.1) is 0 Å². The Bertz CT molecular complexity index is 543. The number of likely N-dealkylation sites (tertiary alicyclic amines) is 1. The maximum absolute atomic E-state index is 12.4. The molecule has 1 aromatic carbocycles. The lowest BCUT2D eigenvalue weighted by atomic mass is 9.93. The number of amides is 1. The van der Waals surface area contributed by atoms with E-state index in [0.717, 1.165) is 49.2 Å². The highest BCUT2D eigenvalue weighted by molar-refractivity contribution is 6.05. The van der Waals surface area contributed by atoms with Crippen molar-refractivity contribution in [3.05, 3.63) is 29.3 Å². The van der Waals surface area contributed by atoms with Gasteiger partial charge in [-0.3, -0.25) is 9.69 Å². The average Bonchev–Trinajstić information content (AvgIpc) is 2.72. The van der Waals surface area contributed by atoms with E-state index in [1.807, 2.05) is 23.1 Å². The summed E-state index contributed by atoms with van der Waals surface area (Å²) < 4.78 is 0. The molecule has 0 saturated carbocycles. The number of aryl methyl sites for hydroxylation is 1. The Morgan fingerprint density at radius 3 is 3.00 bits per heavy atom. The zero-order valence-corrected chi connectivity index (χ0v) is 12.1. The number of benzene rings is 1. The molecule has 2 heterocycles. The molecule has 2 aliphatic heterocycles. The number of carbonyl (C=O) groups excluding carboxylic acids is 1. The third-order valence-electron chi connectivity index (χ3n) is 4.58. The molecule has 2 N–H and O–H groups in total. The molecule has 108 valence electrons. The van der Waals surface area contributed by atoms with E-state index in [2.05, 4.69) is 19.2 Å². The summed E-state index contributed by atoms with van der Waals surface area (Å²) in [5, 5.41) is 14.0. The molecule has 1 aromatic rings. The SMILES string of the molecule is CCc1cccc2c1NC(=O)[C@@]2(O)N1CCC[C@H](C)C1. The van der Waals surface area contributed by atoms with E-state index in [9.17, 15) is 9.90 Å². The van der Waals surface area contributed by atoms with Gasteiger partial charge in [0.05, 0.1) is 5.69 Å². The minimum atomic E-state index is -1.49. The molecular formula is C16H22N2O2. The molecule has 0 unspecified atom stereocenters. The van der Waals surface area contributed by atoms with Gasteiger partial charge in [0.25, 0.3) is 5.91 Å². The Labute approximate surface area is 119 Å². The standard InChI is InChI=1S/C16H22N2O2/c1-3-12-7-4-8-13-14(12)17-15(19)16(13,20)18-9-5-6-11(2)10-18/h4,7-8,11,20H,3,5-6,9-10H2,1-2H3,(H,17,19)/t11-,16+/m0/s1. The molecule has 2 aliphatic rings. The molecule has 0 aliphatic carbocycles. The van der Waals surface area contributed by atoms with Crippen LogP contribution in [0.3, 0.4) is 0 Å². The normalized spacial score (nSPS) is 30.1. The topological polar surface area (TPSA) is 52.6 Å². The zero-order valence-electron chi connectivity index (χ0n) is 12.1. The van der Waals surface area contributed by atoms with Crippen molar-refractivity contribution in [2.45, 2.75) is 38.8 Å². The smallest absolute Gasteiger partial charge is 0.276 e. The molecule has 0 aromatic heterocycles. The first-order valence-electron chi connectivity index (χ1n) is 7.48. The first kappa shape index (κ1) is 13.6. The Kier molecular flexibility index (Phi) is 3.30. The molecule has 4 nitrogen and oxygen atoms in total. The van der Waals surface area contributed by atoms with E-state index >= 15 is 0 Å². The summed E-state index contributed by atoms with van der Waals surface area (Å²) in [6.07, 6.45) is 3.03. The molecule has 1 saturated heterocycles. The lowest BCUT2D eigenvalue weighted by Crippen LogP contribution is -2.54. The Morgan fingerprint density at radius 1 is 1.50 bits per heavy atom. The van der Waals surface area contributed by atoms with Crippen molar-refractivity contribution in [3.8, 4) is 0 Å². The van der Waals surface area contributed by atoms with Crippen molar-refractivity contribution in [1.29, 1.82) is 0 Å². The Balaban J connectivity index is 2.04. The fraction of sp³-hybridized carbons (Fsp3) is 0.562. The molecule has 0 spiro atoms. The van der Waals surface area contributed by atoms with Gasteiger partial charge in [-0.2, -0.15) is 0 Å². The van der Waals surface area contributed by atoms with Crippen molar-refractivity contribution in [1.82, 2.24) is 4.90 Å². The predicted octanol–water partition coefficient (Wildman–Crippen LogP) is 2.08. The van der Waals surface area contributed by atoms with Crippen LogP contribution in [0.15, 0.2) is 18.2 Å². The van der Waals surface area contributed by atoms with Crippen LogP contribution in [0.25, 0.3) is 0 Å². The maximum atomic E-state index is 12.4. The van der Waals surface area contributed by atoms with Crippen LogP contribution in [-0.4, -0.2) is 29.0 Å². The Hall–Kier alpha value is -1.39. The predicted molar refractivity (Wildman–Crippen MR) is 78.3 cm³/mol. The van der Waals surface area contributed by atoms with Gasteiger partial charge in [0.1, 0.15) is 0 Å². The third-order valence-corrected chi connectivity index (χ3v) is 4.58. The quantitative estimate of drug-likeness (QED) is 0.868. The van der Waals surface area contributed by atoms with Crippen molar-refractivity contribution in [2.75, 3.05) is 18.4 Å². The lowest BCUT2D eigenvalue weighted by Gasteiger charge is -2.39. The van der Waals surface area contributed by atoms with Gasteiger partial charge in [0.2, 0.25) is 5.72 Å². The molecule has 4 heteroatoms. The second-order valence-corrected chi connectivity index (χ2v) is 6.01. The highest BCUT2D eigenvalue weighted by Gasteiger charge is 2.51. The number of piperidine rings is 1. The van der Waals surface area contributed by atoms with Crippen LogP contribution in [0.1, 0.15) is 37.8 Å². The number of hydrogen-bond donors (Lipinski definition) is 2. The van der Waals surface area contributed by atoms with Crippen LogP contribution < -0.4 is 5.32 Å². The fourth-order valence-corrected chi connectivity index (χ4v) is 3.45. The Morgan fingerprint density at radius 2 is 2.30 bits per heavy atom. The molecule has 20 heavy (non-hydrogen) atoms. The minimum absolute atomic E-state index is 0.303. The van der Waals surface area contributed by atoms with Crippen LogP contribution in [0.4, 0.5) is 5.69 Å². The maximum Gasteiger partial charge on any atom is 0.276 e. The van der Waals surface area contributed by atoms with Crippen molar-refractivity contribution < 1.29 is 9.90 Å². The van der Waals surface area contributed by atoms with E-state index in [1.165, 1.54) is 0 Å². The summed E-state index contributed by atoms with van der Waals surface area (Å²) in [4.78, 5) is 14.4. The second kappa shape index (κ2) is 4.86. The number of rotatable bonds is 2. The summed E-state index contributed by atoms with van der Waals surface area (Å²) in [6, 6.07) is 5.80. The summed E-state index contributed by atoms with van der Waals surface area (Å²) in [5.41, 5.74) is 1.11. The van der Waals surface area contributed by atoms with Crippen molar-refractivity contribution in [2.24, 2.45) is 5.92 Å². The molecule has 1 fully saturated rings. The largest absolute Gasteiger partial charge is 0.364 e. The van der Waals surface area contributed by atoms with E-state index < -0.39 is 5.72 Å². The number of hydrogen-bond acceptors (Lipinski definition) is 3. The van der Waals surface area contributed by atoms with Crippen LogP contribution in [0, 0.1) is 5.92 Å². The summed E-state index contributed by atoms with van der Waals surface area (Å²) in [7, 11) is 0. The van der Waals surface area contributed by atoms with Crippen LogP contribution in [0.2, 0.25) is 0 Å². The molecule has 0 bridgehead atoms. The van der Waals surface area contributed by atoms with Gasteiger partial charge < -0.3 is 10.4 Å². The number of fused-ring (bicyclic) bond motifs is 1. The molecule has 2 atom stereocenters. The number of anilines is 1. The third kappa shape index (κ3) is 1.86. The van der Waals surface area contributed by atoms with Gasteiger partial charge in [0, 0.05) is 18.7 Å². The fourth-order valence-electron chi connectivity index (χ4n) is 3.45. The van der Waals surface area contributed by atoms with Crippen LogP contribution in [-0.2, 0) is 16.9 Å². The second-order valence-electron chi connectivity index (χ2n) is 6.01. The first-order valence-corrected chi connectivity index (χ1v) is 7.48. The highest BCUT2D eigenvalue weighted by Crippen LogP contribution is 2.42. The van der Waals surface area contributed by atoms with Gasteiger partial charge in [-0.05, 0) is 30.7 Å². The zero-order chi connectivity index (χ0) is 14.3. The van der Waals surface area contributed by atoms with E-state index in [4.69, 9.17) is 0 Å². The first-order chi connectivity index (χ1) is 9.57. The number of nitrogens with one attached hydrogen (secondary N) is 1. The molecule has 1 amide bonds. The highest BCUT2D eigenvalue weighted by atomic mass is 16.3. The van der Waals surface area contributed by atoms with E-state index in [0.29, 0.717) is 5.92 Å². The number of aliphatic hydroxyl groups is 1. The van der Waals surface area contributed by atoms with Gasteiger partial charge >= 0.3 is 0 Å². The monoisotopic (exact) mass is 274 g/mol. The van der Waals surface area contributed by atoms with E-state index in [1.54, 1.807) is 0 Å². The number of nitrogens with zero attached hydrogens (tertiary/aromatic N) is 1. The van der Waals surface area contributed by atoms with Crippen molar-refractivity contribution >= 4 is 11.6 Å². The van der Waals surface area contributed by atoms with Gasteiger partial charge in [-0.1, -0.05) is 32.0 Å². The number of carbonyl (C=O) groups is 1. The lowest BCUT2D eigenvalue weighted by molar-refractivity contribution is -0.163. The van der Waals surface area contributed by atoms with Crippen LogP contribution >= 0.6 is 0 Å².